The summed E-state index contributed by atoms with van der Waals surface area (Å²) in [7, 11) is 1.62. The molecule has 0 unspecified atom stereocenters. The van der Waals surface area contributed by atoms with E-state index in [1.165, 1.54) is 27.6 Å². The van der Waals surface area contributed by atoms with Gasteiger partial charge in [-0.25, -0.2) is 4.98 Å². The topological polar surface area (TPSA) is 64.2 Å². The highest BCUT2D eigenvalue weighted by atomic mass is 32.1. The summed E-state index contributed by atoms with van der Waals surface area (Å²) in [5.41, 5.74) is 12.7. The number of aryl methyl sites for hydroxylation is 1. The first-order valence-electron chi connectivity index (χ1n) is 10.2. The van der Waals surface area contributed by atoms with Crippen molar-refractivity contribution in [3.8, 4) is 0 Å². The Morgan fingerprint density at radius 2 is 1.50 bits per heavy atom. The average Bonchev–Trinajstić information content (AvgIpc) is 3.21. The summed E-state index contributed by atoms with van der Waals surface area (Å²) in [5.74, 6) is 1.19. The van der Waals surface area contributed by atoms with Crippen LogP contribution in [-0.4, -0.2) is 23.4 Å². The van der Waals surface area contributed by atoms with Crippen LogP contribution in [-0.2, 0) is 0 Å². The number of hydrogen-bond acceptors (Lipinski definition) is 4. The van der Waals surface area contributed by atoms with E-state index >= 15 is 0 Å². The molecule has 4 nitrogen and oxygen atoms in total. The molecule has 2 aromatic carbocycles. The second-order valence-corrected chi connectivity index (χ2v) is 8.59. The van der Waals surface area contributed by atoms with Crippen molar-refractivity contribution in [2.24, 2.45) is 10.7 Å². The number of hydrogen-bond donors (Lipinski definition) is 1. The minimum Gasteiger partial charge on any atom is -0.390 e. The van der Waals surface area contributed by atoms with Crippen LogP contribution in [0.1, 0.15) is 56.4 Å². The average molecular weight is 421 g/mol. The summed E-state index contributed by atoms with van der Waals surface area (Å²) in [4.78, 5) is 12.1. The molecule has 4 rings (SSSR count). The van der Waals surface area contributed by atoms with Crippen LogP contribution in [0.2, 0.25) is 0 Å². The fraction of sp³-hybridized carbons (Fsp3) is 0.320. The molecular formula is C25H32N4S. The van der Waals surface area contributed by atoms with E-state index < -0.39 is 0 Å². The highest BCUT2D eigenvalue weighted by Crippen LogP contribution is 2.23. The quantitative estimate of drug-likeness (QED) is 0.290. The number of benzene rings is 2. The zero-order chi connectivity index (χ0) is 22.1. The lowest BCUT2D eigenvalue weighted by molar-refractivity contribution is 0.868. The molecule has 30 heavy (non-hydrogen) atoms. The van der Waals surface area contributed by atoms with Crippen LogP contribution >= 0.6 is 11.3 Å². The number of aliphatic imine (C=N–C) groups is 1. The number of fused-ring (bicyclic) bond motifs is 2. The lowest BCUT2D eigenvalue weighted by atomic mass is 10.0. The third kappa shape index (κ3) is 6.63. The van der Waals surface area contributed by atoms with E-state index in [1.54, 1.807) is 18.4 Å². The lowest BCUT2D eigenvalue weighted by Crippen LogP contribution is -1.88. The molecule has 0 spiro atoms. The van der Waals surface area contributed by atoms with Crippen LogP contribution in [0.15, 0.2) is 59.0 Å². The van der Waals surface area contributed by atoms with Gasteiger partial charge in [0.25, 0.3) is 0 Å². The molecule has 0 aliphatic rings. The van der Waals surface area contributed by atoms with Crippen molar-refractivity contribution in [3.05, 3.63) is 70.9 Å². The van der Waals surface area contributed by atoms with E-state index in [2.05, 4.69) is 91.2 Å². The van der Waals surface area contributed by atoms with Crippen molar-refractivity contribution >= 4 is 38.8 Å². The summed E-state index contributed by atoms with van der Waals surface area (Å²) in [5, 5.41) is 1.24. The molecule has 5 heteroatoms. The van der Waals surface area contributed by atoms with Crippen molar-refractivity contribution < 1.29 is 0 Å². The van der Waals surface area contributed by atoms with Gasteiger partial charge in [0.2, 0.25) is 0 Å². The zero-order valence-corrected chi connectivity index (χ0v) is 19.6. The van der Waals surface area contributed by atoms with E-state index in [0.29, 0.717) is 11.8 Å². The third-order valence-electron chi connectivity index (χ3n) is 4.69. The Labute approximate surface area is 183 Å². The molecule has 0 aliphatic carbocycles. The highest BCUT2D eigenvalue weighted by molar-refractivity contribution is 7.16. The van der Waals surface area contributed by atoms with Crippen LogP contribution in [0.5, 0.6) is 0 Å². The van der Waals surface area contributed by atoms with Crippen molar-refractivity contribution in [1.82, 2.24) is 9.97 Å². The van der Waals surface area contributed by atoms with E-state index in [0.717, 1.165) is 16.7 Å². The van der Waals surface area contributed by atoms with Gasteiger partial charge in [-0.2, -0.15) is 0 Å². The van der Waals surface area contributed by atoms with Gasteiger partial charge in [0.15, 0.2) is 0 Å². The van der Waals surface area contributed by atoms with Gasteiger partial charge >= 0.3 is 0 Å². The first-order valence-corrected chi connectivity index (χ1v) is 11.1. The summed E-state index contributed by atoms with van der Waals surface area (Å²) < 4.78 is 1.29. The normalized spacial score (nSPS) is 10.9. The maximum atomic E-state index is 4.74. The Morgan fingerprint density at radius 1 is 0.900 bits per heavy atom. The molecular weight excluding hydrogens is 388 g/mol. The SMILES string of the molecule is CC(C)c1ccc2ncsc2c1.CN=CN.Cc1ccc2cc(C(C)C)ccc2n1. The predicted molar refractivity (Wildman–Crippen MR) is 133 cm³/mol. The van der Waals surface area contributed by atoms with E-state index in [4.69, 9.17) is 5.73 Å². The fourth-order valence-corrected chi connectivity index (χ4v) is 3.56. The molecule has 158 valence electrons. The Morgan fingerprint density at radius 3 is 2.10 bits per heavy atom. The molecule has 0 radical (unpaired) electrons. The minimum atomic E-state index is 0.584. The molecule has 2 heterocycles. The summed E-state index contributed by atoms with van der Waals surface area (Å²) in [6, 6.07) is 17.2. The van der Waals surface area contributed by atoms with E-state index in [9.17, 15) is 0 Å². The zero-order valence-electron chi connectivity index (χ0n) is 18.8. The van der Waals surface area contributed by atoms with Crippen molar-refractivity contribution in [3.63, 3.8) is 0 Å². The van der Waals surface area contributed by atoms with Crippen LogP contribution in [0.25, 0.3) is 21.1 Å². The molecule has 0 amide bonds. The van der Waals surface area contributed by atoms with Crippen molar-refractivity contribution in [2.45, 2.75) is 46.5 Å². The standard InChI is InChI=1S/C13H15N.C10H11NS.C2H6N2/c1-9(2)11-6-7-13-12(8-11)5-4-10(3)14-13;1-7(2)8-3-4-9-10(5-8)12-6-11-9;1-4-2-3/h4-9H,1-3H3;3-7H,1-2H3;2H,1H3,(H2,3,4). The van der Waals surface area contributed by atoms with Crippen LogP contribution in [0.3, 0.4) is 0 Å². The van der Waals surface area contributed by atoms with E-state index in [-0.39, 0.29) is 0 Å². The van der Waals surface area contributed by atoms with Gasteiger partial charge in [0.05, 0.1) is 27.6 Å². The first kappa shape index (κ1) is 23.5. The summed E-state index contributed by atoms with van der Waals surface area (Å²) in [6.45, 7) is 10.9. The second kappa shape index (κ2) is 11.4. The largest absolute Gasteiger partial charge is 0.390 e. The highest BCUT2D eigenvalue weighted by Gasteiger charge is 2.02. The molecule has 4 aromatic rings. The molecule has 0 saturated carbocycles. The van der Waals surface area contributed by atoms with Gasteiger partial charge in [0, 0.05) is 18.1 Å². The predicted octanol–water partition coefficient (Wildman–Crippen LogP) is 6.69. The van der Waals surface area contributed by atoms with Crippen molar-refractivity contribution in [2.75, 3.05) is 7.05 Å². The number of thiazole rings is 1. The molecule has 2 N–H and O–H groups in total. The summed E-state index contributed by atoms with van der Waals surface area (Å²) in [6.07, 6.45) is 1.25. The molecule has 2 aromatic heterocycles. The summed E-state index contributed by atoms with van der Waals surface area (Å²) >= 11 is 1.71. The van der Waals surface area contributed by atoms with Gasteiger partial charge in [-0.15, -0.1) is 11.3 Å². The second-order valence-electron chi connectivity index (χ2n) is 7.70. The number of nitrogens with two attached hydrogens (primary N) is 1. The van der Waals surface area contributed by atoms with Crippen LogP contribution in [0.4, 0.5) is 0 Å². The number of aromatic nitrogens is 2. The van der Waals surface area contributed by atoms with Crippen molar-refractivity contribution in [1.29, 1.82) is 0 Å². The lowest BCUT2D eigenvalue weighted by Gasteiger charge is -2.06. The fourth-order valence-electron chi connectivity index (χ4n) is 2.84. The van der Waals surface area contributed by atoms with Gasteiger partial charge in [-0.3, -0.25) is 9.98 Å². The molecule has 0 saturated heterocycles. The maximum absolute atomic E-state index is 4.74. The molecule has 0 fully saturated rings. The number of rotatable bonds is 2. The molecule has 0 bridgehead atoms. The minimum absolute atomic E-state index is 0.584. The van der Waals surface area contributed by atoms with Gasteiger partial charge < -0.3 is 5.73 Å². The number of pyridine rings is 1. The Balaban J connectivity index is 0.000000183. The number of nitrogens with zero attached hydrogens (tertiary/aromatic N) is 3. The smallest absolute Gasteiger partial charge is 0.0812 e. The van der Waals surface area contributed by atoms with Gasteiger partial charge in [-0.05, 0) is 60.2 Å². The third-order valence-corrected chi connectivity index (χ3v) is 5.48. The maximum Gasteiger partial charge on any atom is 0.0812 e. The van der Waals surface area contributed by atoms with Gasteiger partial charge in [-0.1, -0.05) is 45.9 Å². The Hall–Kier alpha value is -2.79. The van der Waals surface area contributed by atoms with E-state index in [1.807, 2.05) is 12.4 Å². The monoisotopic (exact) mass is 420 g/mol. The van der Waals surface area contributed by atoms with Crippen LogP contribution in [0, 0.1) is 6.92 Å². The van der Waals surface area contributed by atoms with Gasteiger partial charge in [0.1, 0.15) is 0 Å². The Bertz CT molecular complexity index is 1090. The first-order chi connectivity index (χ1) is 14.3. The van der Waals surface area contributed by atoms with Crippen LogP contribution < -0.4 is 5.73 Å². The Kier molecular flexibility index (Phi) is 8.93. The molecule has 0 aliphatic heterocycles. The molecule has 0 atom stereocenters.